The zero-order chi connectivity index (χ0) is 24.6. The molecule has 0 aliphatic heterocycles. The number of carbonyl (C=O) groups excluding carboxylic acids is 1. The van der Waals surface area contributed by atoms with Crippen molar-refractivity contribution in [1.29, 1.82) is 0 Å². The molecule has 0 saturated heterocycles. The Kier molecular flexibility index (Phi) is 8.03. The van der Waals surface area contributed by atoms with E-state index in [0.29, 0.717) is 24.5 Å². The number of aryl methyl sites for hydroxylation is 4. The van der Waals surface area contributed by atoms with Crippen LogP contribution in [0.1, 0.15) is 40.2 Å². The SMILES string of the molecule is COc1cccc(C(=O)NCCCc2nc3ccccc3n2CCCOc2c(C)cccc2C)c1. The van der Waals surface area contributed by atoms with Crippen LogP contribution in [-0.4, -0.2) is 35.7 Å². The molecule has 1 heterocycles. The van der Waals surface area contributed by atoms with E-state index in [1.807, 2.05) is 30.3 Å². The van der Waals surface area contributed by atoms with Crippen molar-refractivity contribution in [2.45, 2.75) is 39.7 Å². The van der Waals surface area contributed by atoms with Gasteiger partial charge in [-0.15, -0.1) is 0 Å². The van der Waals surface area contributed by atoms with Gasteiger partial charge < -0.3 is 19.4 Å². The molecular weight excluding hydrogens is 438 g/mol. The van der Waals surface area contributed by atoms with Crippen LogP contribution in [0.15, 0.2) is 66.7 Å². The molecular formula is C29H33N3O3. The standard InChI is InChI=1S/C29H33N3O3/c1-21-10-6-11-22(2)28(21)35-19-9-18-32-26-15-5-4-14-25(26)31-27(32)16-8-17-30-29(33)23-12-7-13-24(20-23)34-3/h4-7,10-15,20H,8-9,16-19H2,1-3H3,(H,30,33). The summed E-state index contributed by atoms with van der Waals surface area (Å²) in [5.74, 6) is 2.60. The van der Waals surface area contributed by atoms with Gasteiger partial charge in [0.25, 0.3) is 5.91 Å². The van der Waals surface area contributed by atoms with Gasteiger partial charge in [-0.1, -0.05) is 36.4 Å². The lowest BCUT2D eigenvalue weighted by atomic mass is 10.1. The van der Waals surface area contributed by atoms with E-state index in [-0.39, 0.29) is 5.91 Å². The molecule has 3 aromatic carbocycles. The van der Waals surface area contributed by atoms with Crippen LogP contribution in [0.25, 0.3) is 11.0 Å². The Balaban J connectivity index is 1.34. The number of hydrogen-bond acceptors (Lipinski definition) is 4. The molecule has 0 aliphatic rings. The first-order valence-electron chi connectivity index (χ1n) is 12.1. The highest BCUT2D eigenvalue weighted by Crippen LogP contribution is 2.23. The van der Waals surface area contributed by atoms with E-state index in [2.05, 4.69) is 48.0 Å². The van der Waals surface area contributed by atoms with Crippen LogP contribution in [0.4, 0.5) is 0 Å². The predicted octanol–water partition coefficient (Wildman–Crippen LogP) is 5.49. The van der Waals surface area contributed by atoms with Crippen LogP contribution in [-0.2, 0) is 13.0 Å². The van der Waals surface area contributed by atoms with Gasteiger partial charge in [0.2, 0.25) is 0 Å². The van der Waals surface area contributed by atoms with Gasteiger partial charge in [0.1, 0.15) is 17.3 Å². The third-order valence-corrected chi connectivity index (χ3v) is 6.11. The van der Waals surface area contributed by atoms with Gasteiger partial charge in [-0.25, -0.2) is 4.98 Å². The number of nitrogens with zero attached hydrogens (tertiary/aromatic N) is 2. The Bertz CT molecular complexity index is 1280. The zero-order valence-electron chi connectivity index (χ0n) is 20.7. The molecule has 182 valence electrons. The summed E-state index contributed by atoms with van der Waals surface area (Å²) in [6, 6.07) is 21.6. The lowest BCUT2D eigenvalue weighted by Gasteiger charge is -2.13. The lowest BCUT2D eigenvalue weighted by molar-refractivity contribution is 0.0952. The smallest absolute Gasteiger partial charge is 0.251 e. The van der Waals surface area contributed by atoms with Gasteiger partial charge in [-0.3, -0.25) is 4.79 Å². The molecule has 0 bridgehead atoms. The summed E-state index contributed by atoms with van der Waals surface area (Å²) in [5.41, 5.74) is 5.05. The first kappa shape index (κ1) is 24.3. The van der Waals surface area contributed by atoms with Crippen molar-refractivity contribution >= 4 is 16.9 Å². The molecule has 4 aromatic rings. The molecule has 0 unspecified atom stereocenters. The fourth-order valence-electron chi connectivity index (χ4n) is 4.30. The number of methoxy groups -OCH3 is 1. The average Bonchev–Trinajstić information content (AvgIpc) is 3.23. The van der Waals surface area contributed by atoms with Crippen LogP contribution in [0.2, 0.25) is 0 Å². The number of hydrogen-bond donors (Lipinski definition) is 1. The summed E-state index contributed by atoms with van der Waals surface area (Å²) >= 11 is 0. The lowest BCUT2D eigenvalue weighted by Crippen LogP contribution is -2.25. The average molecular weight is 472 g/mol. The normalized spacial score (nSPS) is 10.9. The van der Waals surface area contributed by atoms with Crippen molar-refractivity contribution < 1.29 is 14.3 Å². The molecule has 6 nitrogen and oxygen atoms in total. The highest BCUT2D eigenvalue weighted by atomic mass is 16.5. The minimum Gasteiger partial charge on any atom is -0.497 e. The highest BCUT2D eigenvalue weighted by Gasteiger charge is 2.12. The maximum atomic E-state index is 12.5. The molecule has 0 saturated carbocycles. The monoisotopic (exact) mass is 471 g/mol. The molecule has 0 radical (unpaired) electrons. The van der Waals surface area contributed by atoms with E-state index in [0.717, 1.165) is 59.5 Å². The second-order valence-electron chi connectivity index (χ2n) is 8.68. The van der Waals surface area contributed by atoms with Gasteiger partial charge in [0.05, 0.1) is 24.8 Å². The third-order valence-electron chi connectivity index (χ3n) is 6.11. The minimum atomic E-state index is -0.0962. The maximum Gasteiger partial charge on any atom is 0.251 e. The van der Waals surface area contributed by atoms with Crippen molar-refractivity contribution in [3.05, 3.63) is 89.2 Å². The summed E-state index contributed by atoms with van der Waals surface area (Å²) in [6.45, 7) is 6.22. The molecule has 1 amide bonds. The van der Waals surface area contributed by atoms with Gasteiger partial charge >= 0.3 is 0 Å². The van der Waals surface area contributed by atoms with E-state index < -0.39 is 0 Å². The second kappa shape index (κ2) is 11.6. The Hall–Kier alpha value is -3.80. The summed E-state index contributed by atoms with van der Waals surface area (Å²) in [6.07, 6.45) is 2.47. The molecule has 0 spiro atoms. The van der Waals surface area contributed by atoms with Crippen LogP contribution in [0, 0.1) is 13.8 Å². The van der Waals surface area contributed by atoms with Crippen molar-refractivity contribution in [2.75, 3.05) is 20.3 Å². The fourth-order valence-corrected chi connectivity index (χ4v) is 4.30. The maximum absolute atomic E-state index is 12.5. The number of carbonyl (C=O) groups is 1. The van der Waals surface area contributed by atoms with Crippen molar-refractivity contribution in [3.8, 4) is 11.5 Å². The number of benzene rings is 3. The van der Waals surface area contributed by atoms with E-state index in [1.54, 1.807) is 19.2 Å². The molecule has 0 aliphatic carbocycles. The molecule has 1 aromatic heterocycles. The quantitative estimate of drug-likeness (QED) is 0.294. The Morgan fingerprint density at radius 2 is 1.74 bits per heavy atom. The molecule has 35 heavy (non-hydrogen) atoms. The second-order valence-corrected chi connectivity index (χ2v) is 8.68. The number of nitrogens with one attached hydrogen (secondary N) is 1. The first-order chi connectivity index (χ1) is 17.1. The Morgan fingerprint density at radius 1 is 0.971 bits per heavy atom. The summed E-state index contributed by atoms with van der Waals surface area (Å²) < 4.78 is 13.6. The van der Waals surface area contributed by atoms with Crippen molar-refractivity contribution in [3.63, 3.8) is 0 Å². The summed E-state index contributed by atoms with van der Waals surface area (Å²) in [4.78, 5) is 17.3. The van der Waals surface area contributed by atoms with E-state index in [9.17, 15) is 4.79 Å². The fraction of sp³-hybridized carbons (Fsp3) is 0.310. The van der Waals surface area contributed by atoms with Crippen LogP contribution >= 0.6 is 0 Å². The topological polar surface area (TPSA) is 65.4 Å². The minimum absolute atomic E-state index is 0.0962. The predicted molar refractivity (Wildman–Crippen MR) is 139 cm³/mol. The highest BCUT2D eigenvalue weighted by molar-refractivity contribution is 5.94. The Morgan fingerprint density at radius 3 is 2.54 bits per heavy atom. The van der Waals surface area contributed by atoms with E-state index in [1.165, 1.54) is 0 Å². The number of ether oxygens (including phenoxy) is 2. The summed E-state index contributed by atoms with van der Waals surface area (Å²) in [5, 5.41) is 3.00. The van der Waals surface area contributed by atoms with Crippen LogP contribution in [0.3, 0.4) is 0 Å². The molecule has 1 N–H and O–H groups in total. The van der Waals surface area contributed by atoms with Gasteiger partial charge in [-0.05, 0) is 68.1 Å². The number of rotatable bonds is 11. The third kappa shape index (κ3) is 6.01. The largest absolute Gasteiger partial charge is 0.497 e. The van der Waals surface area contributed by atoms with Gasteiger partial charge in [-0.2, -0.15) is 0 Å². The summed E-state index contributed by atoms with van der Waals surface area (Å²) in [7, 11) is 1.60. The van der Waals surface area contributed by atoms with E-state index in [4.69, 9.17) is 14.5 Å². The van der Waals surface area contributed by atoms with Crippen molar-refractivity contribution in [2.24, 2.45) is 0 Å². The Labute approximate surface area is 206 Å². The van der Waals surface area contributed by atoms with Crippen LogP contribution < -0.4 is 14.8 Å². The number of para-hydroxylation sites is 3. The molecule has 0 atom stereocenters. The molecule has 0 fully saturated rings. The first-order valence-corrected chi connectivity index (χ1v) is 12.1. The van der Waals surface area contributed by atoms with Gasteiger partial charge in [0, 0.05) is 25.1 Å². The van der Waals surface area contributed by atoms with Crippen molar-refractivity contribution in [1.82, 2.24) is 14.9 Å². The van der Waals surface area contributed by atoms with Gasteiger partial charge in [0.15, 0.2) is 0 Å². The zero-order valence-corrected chi connectivity index (χ0v) is 20.7. The molecule has 4 rings (SSSR count). The number of fused-ring (bicyclic) bond motifs is 1. The number of imidazole rings is 1. The van der Waals surface area contributed by atoms with Crippen LogP contribution in [0.5, 0.6) is 11.5 Å². The number of amides is 1. The molecule has 6 heteroatoms. The number of aromatic nitrogens is 2. The van der Waals surface area contributed by atoms with E-state index >= 15 is 0 Å².